The van der Waals surface area contributed by atoms with E-state index in [1.165, 1.54) is 0 Å². The molecule has 0 aromatic heterocycles. The third kappa shape index (κ3) is 4.55. The van der Waals surface area contributed by atoms with Crippen LogP contribution in [0.15, 0.2) is 24.3 Å². The van der Waals surface area contributed by atoms with Crippen LogP contribution >= 0.6 is 0 Å². The second kappa shape index (κ2) is 6.91. The van der Waals surface area contributed by atoms with Crippen LogP contribution in [0.25, 0.3) is 0 Å². The molecule has 1 saturated carbocycles. The maximum Gasteiger partial charge on any atom is 0.319 e. The van der Waals surface area contributed by atoms with E-state index in [0.29, 0.717) is 30.4 Å². The molecule has 1 fully saturated rings. The summed E-state index contributed by atoms with van der Waals surface area (Å²) in [4.78, 5) is 23.3. The quantitative estimate of drug-likeness (QED) is 0.687. The van der Waals surface area contributed by atoms with Gasteiger partial charge in [0.05, 0.1) is 6.61 Å². The molecule has 6 nitrogen and oxygen atoms in total. The normalized spacial score (nSPS) is 13.7. The largest absolute Gasteiger partial charge is 0.383 e. The van der Waals surface area contributed by atoms with Crippen LogP contribution in [-0.2, 0) is 4.74 Å². The van der Waals surface area contributed by atoms with Gasteiger partial charge in [0.1, 0.15) is 0 Å². The van der Waals surface area contributed by atoms with E-state index < -0.39 is 0 Å². The zero-order valence-electron chi connectivity index (χ0n) is 11.4. The Bertz CT molecular complexity index is 469. The summed E-state index contributed by atoms with van der Waals surface area (Å²) in [5.41, 5.74) is 1.21. The summed E-state index contributed by atoms with van der Waals surface area (Å²) in [6, 6.07) is 6.88. The molecule has 1 aliphatic carbocycles. The van der Waals surface area contributed by atoms with Crippen molar-refractivity contribution in [3.05, 3.63) is 29.8 Å². The van der Waals surface area contributed by atoms with Crippen molar-refractivity contribution in [2.45, 2.75) is 18.9 Å². The van der Waals surface area contributed by atoms with Gasteiger partial charge in [0.25, 0.3) is 5.91 Å². The fourth-order valence-corrected chi connectivity index (χ4v) is 1.65. The number of anilines is 1. The van der Waals surface area contributed by atoms with Gasteiger partial charge in [0.2, 0.25) is 0 Å². The Kier molecular flexibility index (Phi) is 4.95. The first kappa shape index (κ1) is 14.3. The van der Waals surface area contributed by atoms with Crippen molar-refractivity contribution < 1.29 is 14.3 Å². The molecule has 0 spiro atoms. The molecule has 1 aromatic carbocycles. The predicted molar refractivity (Wildman–Crippen MR) is 75.8 cm³/mol. The summed E-state index contributed by atoms with van der Waals surface area (Å²) in [6.45, 7) is 0.950. The monoisotopic (exact) mass is 277 g/mol. The summed E-state index contributed by atoms with van der Waals surface area (Å²) >= 11 is 0. The molecule has 3 N–H and O–H groups in total. The van der Waals surface area contributed by atoms with Crippen molar-refractivity contribution in [1.29, 1.82) is 0 Å². The second-order valence-electron chi connectivity index (χ2n) is 4.70. The Morgan fingerprint density at radius 2 is 1.95 bits per heavy atom. The first-order chi connectivity index (χ1) is 9.69. The number of benzene rings is 1. The van der Waals surface area contributed by atoms with E-state index >= 15 is 0 Å². The molecular weight excluding hydrogens is 258 g/mol. The molecule has 1 aliphatic rings. The average Bonchev–Trinajstić information content (AvgIpc) is 3.23. The Morgan fingerprint density at radius 1 is 1.25 bits per heavy atom. The molecule has 0 saturated heterocycles. The van der Waals surface area contributed by atoms with Crippen LogP contribution in [0.1, 0.15) is 23.2 Å². The number of hydrogen-bond donors (Lipinski definition) is 3. The minimum atomic E-state index is -0.204. The predicted octanol–water partition coefficient (Wildman–Crippen LogP) is 1.35. The number of rotatable bonds is 6. The van der Waals surface area contributed by atoms with Crippen molar-refractivity contribution in [1.82, 2.24) is 10.6 Å². The number of hydrogen-bond acceptors (Lipinski definition) is 3. The highest BCUT2D eigenvalue weighted by molar-refractivity contribution is 5.95. The molecule has 1 aromatic rings. The lowest BCUT2D eigenvalue weighted by Crippen LogP contribution is -2.30. The zero-order valence-corrected chi connectivity index (χ0v) is 11.4. The topological polar surface area (TPSA) is 79.5 Å². The van der Waals surface area contributed by atoms with Crippen molar-refractivity contribution >= 4 is 17.6 Å². The fourth-order valence-electron chi connectivity index (χ4n) is 1.65. The van der Waals surface area contributed by atoms with Crippen LogP contribution in [0, 0.1) is 0 Å². The van der Waals surface area contributed by atoms with Gasteiger partial charge < -0.3 is 20.7 Å². The zero-order chi connectivity index (χ0) is 14.4. The lowest BCUT2D eigenvalue weighted by Gasteiger charge is -2.08. The van der Waals surface area contributed by atoms with Crippen molar-refractivity contribution in [3.8, 4) is 0 Å². The summed E-state index contributed by atoms with van der Waals surface area (Å²) in [6.07, 6.45) is 2.10. The van der Waals surface area contributed by atoms with Crippen LogP contribution < -0.4 is 16.0 Å². The summed E-state index contributed by atoms with van der Waals surface area (Å²) < 4.78 is 4.86. The van der Waals surface area contributed by atoms with Gasteiger partial charge in [0.15, 0.2) is 0 Å². The molecule has 0 bridgehead atoms. The fraction of sp³-hybridized carbons (Fsp3) is 0.429. The number of amides is 3. The molecule has 0 aliphatic heterocycles. The Morgan fingerprint density at radius 3 is 2.55 bits per heavy atom. The molecule has 2 rings (SSSR count). The van der Waals surface area contributed by atoms with Crippen molar-refractivity contribution in [2.24, 2.45) is 0 Å². The van der Waals surface area contributed by atoms with E-state index in [0.717, 1.165) is 12.8 Å². The van der Waals surface area contributed by atoms with E-state index in [9.17, 15) is 9.59 Å². The van der Waals surface area contributed by atoms with Gasteiger partial charge in [-0.1, -0.05) is 0 Å². The van der Waals surface area contributed by atoms with E-state index in [1.54, 1.807) is 31.4 Å². The van der Waals surface area contributed by atoms with Gasteiger partial charge in [-0.3, -0.25) is 4.79 Å². The molecule has 108 valence electrons. The number of urea groups is 1. The lowest BCUT2D eigenvalue weighted by molar-refractivity contribution is 0.0937. The van der Waals surface area contributed by atoms with Crippen LogP contribution in [0.3, 0.4) is 0 Å². The number of carbonyl (C=O) groups is 2. The molecule has 0 radical (unpaired) electrons. The standard InChI is InChI=1S/C14H19N3O3/c1-20-9-8-15-13(18)10-2-4-11(5-3-10)16-14(19)17-12-6-7-12/h2-5,12H,6-9H2,1H3,(H,15,18)(H2,16,17,19). The highest BCUT2D eigenvalue weighted by atomic mass is 16.5. The minimum Gasteiger partial charge on any atom is -0.383 e. The number of ether oxygens (including phenoxy) is 1. The van der Waals surface area contributed by atoms with E-state index in [-0.39, 0.29) is 11.9 Å². The smallest absolute Gasteiger partial charge is 0.319 e. The van der Waals surface area contributed by atoms with Crippen LogP contribution in [0.5, 0.6) is 0 Å². The van der Waals surface area contributed by atoms with E-state index in [4.69, 9.17) is 4.74 Å². The number of methoxy groups -OCH3 is 1. The Hall–Kier alpha value is -2.08. The van der Waals surface area contributed by atoms with Gasteiger partial charge in [0, 0.05) is 30.9 Å². The Balaban J connectivity index is 1.82. The Labute approximate surface area is 117 Å². The molecule has 6 heteroatoms. The van der Waals surface area contributed by atoms with Crippen LogP contribution in [0.4, 0.5) is 10.5 Å². The second-order valence-corrected chi connectivity index (χ2v) is 4.70. The van der Waals surface area contributed by atoms with Gasteiger partial charge in [-0.05, 0) is 37.1 Å². The van der Waals surface area contributed by atoms with Gasteiger partial charge >= 0.3 is 6.03 Å². The van der Waals surface area contributed by atoms with Crippen molar-refractivity contribution in [2.75, 3.05) is 25.6 Å². The highest BCUT2D eigenvalue weighted by Gasteiger charge is 2.23. The summed E-state index contributed by atoms with van der Waals surface area (Å²) in [7, 11) is 1.58. The molecule has 0 atom stereocenters. The summed E-state index contributed by atoms with van der Waals surface area (Å²) in [5, 5.41) is 8.29. The molecule has 20 heavy (non-hydrogen) atoms. The minimum absolute atomic E-state index is 0.156. The summed E-state index contributed by atoms with van der Waals surface area (Å²) in [5.74, 6) is -0.156. The molecule has 0 unspecified atom stereocenters. The average molecular weight is 277 g/mol. The van der Waals surface area contributed by atoms with E-state index in [2.05, 4.69) is 16.0 Å². The number of nitrogens with one attached hydrogen (secondary N) is 3. The van der Waals surface area contributed by atoms with Gasteiger partial charge in [-0.25, -0.2) is 4.79 Å². The third-order valence-electron chi connectivity index (χ3n) is 2.91. The first-order valence-electron chi connectivity index (χ1n) is 6.64. The SMILES string of the molecule is COCCNC(=O)c1ccc(NC(=O)NC2CC2)cc1. The highest BCUT2D eigenvalue weighted by Crippen LogP contribution is 2.18. The van der Waals surface area contributed by atoms with Gasteiger partial charge in [-0.15, -0.1) is 0 Å². The molecule has 0 heterocycles. The first-order valence-corrected chi connectivity index (χ1v) is 6.64. The molecule has 3 amide bonds. The molecular formula is C14H19N3O3. The van der Waals surface area contributed by atoms with Crippen LogP contribution in [-0.4, -0.2) is 38.2 Å². The lowest BCUT2D eigenvalue weighted by atomic mass is 10.2. The van der Waals surface area contributed by atoms with Gasteiger partial charge in [-0.2, -0.15) is 0 Å². The van der Waals surface area contributed by atoms with E-state index in [1.807, 2.05) is 0 Å². The third-order valence-corrected chi connectivity index (χ3v) is 2.91. The van der Waals surface area contributed by atoms with Crippen LogP contribution in [0.2, 0.25) is 0 Å². The van der Waals surface area contributed by atoms with Crippen molar-refractivity contribution in [3.63, 3.8) is 0 Å². The maximum atomic E-state index is 11.7. The maximum absolute atomic E-state index is 11.7. The number of carbonyl (C=O) groups excluding carboxylic acids is 2.